The summed E-state index contributed by atoms with van der Waals surface area (Å²) in [5.41, 5.74) is 4.41. The molecule has 0 aliphatic rings. The third-order valence-electron chi connectivity index (χ3n) is 3.51. The number of rotatable bonds is 4. The van der Waals surface area contributed by atoms with Gasteiger partial charge in [0.15, 0.2) is 5.69 Å². The summed E-state index contributed by atoms with van der Waals surface area (Å²) < 4.78 is 6.72. The van der Waals surface area contributed by atoms with Crippen molar-refractivity contribution in [1.29, 1.82) is 0 Å². The molecule has 0 aromatic carbocycles. The van der Waals surface area contributed by atoms with E-state index in [1.807, 2.05) is 38.1 Å². The lowest BCUT2D eigenvalue weighted by atomic mass is 10.2. The number of carbonyl (C=O) groups excluding carboxylic acids is 1. The van der Waals surface area contributed by atoms with E-state index in [9.17, 15) is 4.79 Å². The number of aromatic nitrogens is 4. The highest BCUT2D eigenvalue weighted by molar-refractivity contribution is 5.88. The minimum absolute atomic E-state index is 0.245. The third-order valence-corrected chi connectivity index (χ3v) is 3.51. The predicted molar refractivity (Wildman–Crippen MR) is 90.0 cm³/mol. The van der Waals surface area contributed by atoms with Crippen molar-refractivity contribution >= 4 is 5.97 Å². The first-order valence-electron chi connectivity index (χ1n) is 7.71. The van der Waals surface area contributed by atoms with Crippen molar-refractivity contribution < 1.29 is 9.53 Å². The molecule has 3 aromatic rings. The monoisotopic (exact) mass is 322 g/mol. The normalized spacial score (nSPS) is 10.6. The summed E-state index contributed by atoms with van der Waals surface area (Å²) in [4.78, 5) is 20.8. The molecule has 0 unspecified atom stereocenters. The van der Waals surface area contributed by atoms with Gasteiger partial charge in [0, 0.05) is 18.0 Å². The molecule has 3 heterocycles. The molecule has 0 N–H and O–H groups in total. The van der Waals surface area contributed by atoms with Crippen LogP contribution in [-0.4, -0.2) is 32.3 Å². The Labute approximate surface area is 140 Å². The fourth-order valence-electron chi connectivity index (χ4n) is 2.27. The maximum Gasteiger partial charge on any atom is 0.358 e. The smallest absolute Gasteiger partial charge is 0.358 e. The number of hydrogen-bond donors (Lipinski definition) is 0. The Bertz CT molecular complexity index is 789. The summed E-state index contributed by atoms with van der Waals surface area (Å²) >= 11 is 0. The van der Waals surface area contributed by atoms with E-state index in [0.29, 0.717) is 12.3 Å². The van der Waals surface area contributed by atoms with Crippen molar-refractivity contribution in [3.05, 3.63) is 59.7 Å². The molecule has 0 bridgehead atoms. The van der Waals surface area contributed by atoms with E-state index in [0.717, 1.165) is 22.6 Å². The SMILES string of the molecule is CCOC(=O)c1cc(-c2ccc(C)cn2)n(-c2ccc(C)nc2)n1. The summed E-state index contributed by atoms with van der Waals surface area (Å²) in [6, 6.07) is 9.36. The average Bonchev–Trinajstić information content (AvgIpc) is 3.02. The van der Waals surface area contributed by atoms with Gasteiger partial charge in [-0.15, -0.1) is 0 Å². The van der Waals surface area contributed by atoms with Crippen molar-refractivity contribution in [2.75, 3.05) is 6.61 Å². The van der Waals surface area contributed by atoms with Gasteiger partial charge in [-0.05, 0) is 44.5 Å². The zero-order chi connectivity index (χ0) is 17.1. The highest BCUT2D eigenvalue weighted by atomic mass is 16.5. The number of esters is 1. The van der Waals surface area contributed by atoms with Crippen LogP contribution in [-0.2, 0) is 4.74 Å². The maximum atomic E-state index is 12.0. The lowest BCUT2D eigenvalue weighted by Gasteiger charge is -2.07. The van der Waals surface area contributed by atoms with Crippen molar-refractivity contribution in [1.82, 2.24) is 19.7 Å². The van der Waals surface area contributed by atoms with Gasteiger partial charge in [-0.2, -0.15) is 5.10 Å². The molecule has 0 spiro atoms. The van der Waals surface area contributed by atoms with E-state index >= 15 is 0 Å². The first-order chi connectivity index (χ1) is 11.6. The summed E-state index contributed by atoms with van der Waals surface area (Å²) in [5, 5.41) is 4.39. The molecule has 122 valence electrons. The van der Waals surface area contributed by atoms with E-state index in [2.05, 4.69) is 15.1 Å². The van der Waals surface area contributed by atoms with Gasteiger partial charge in [-0.25, -0.2) is 9.48 Å². The highest BCUT2D eigenvalue weighted by Gasteiger charge is 2.18. The van der Waals surface area contributed by atoms with Crippen LogP contribution in [0.15, 0.2) is 42.7 Å². The summed E-state index contributed by atoms with van der Waals surface area (Å²) in [7, 11) is 0. The molecule has 0 atom stereocenters. The lowest BCUT2D eigenvalue weighted by molar-refractivity contribution is 0.0519. The maximum absolute atomic E-state index is 12.0. The van der Waals surface area contributed by atoms with Crippen LogP contribution in [0.5, 0.6) is 0 Å². The molecule has 0 saturated heterocycles. The molecule has 0 fully saturated rings. The van der Waals surface area contributed by atoms with Gasteiger partial charge in [-0.1, -0.05) is 6.07 Å². The van der Waals surface area contributed by atoms with Gasteiger partial charge in [0.2, 0.25) is 0 Å². The second-order valence-corrected chi connectivity index (χ2v) is 5.43. The summed E-state index contributed by atoms with van der Waals surface area (Å²) in [6.07, 6.45) is 3.50. The minimum Gasteiger partial charge on any atom is -0.461 e. The molecule has 6 heteroatoms. The number of aryl methyl sites for hydroxylation is 2. The molecule has 0 saturated carbocycles. The molecule has 0 amide bonds. The molecule has 6 nitrogen and oxygen atoms in total. The van der Waals surface area contributed by atoms with Gasteiger partial charge < -0.3 is 4.74 Å². The molecular formula is C18H18N4O2. The predicted octanol–water partition coefficient (Wildman–Crippen LogP) is 3.12. The molecule has 3 rings (SSSR count). The van der Waals surface area contributed by atoms with Crippen molar-refractivity contribution in [2.45, 2.75) is 20.8 Å². The first-order valence-corrected chi connectivity index (χ1v) is 7.71. The first kappa shape index (κ1) is 15.9. The minimum atomic E-state index is -0.454. The Morgan fingerprint density at radius 1 is 1.12 bits per heavy atom. The Morgan fingerprint density at radius 2 is 1.96 bits per heavy atom. The van der Waals surface area contributed by atoms with Crippen LogP contribution in [0.2, 0.25) is 0 Å². The van der Waals surface area contributed by atoms with Crippen molar-refractivity contribution in [3.63, 3.8) is 0 Å². The van der Waals surface area contributed by atoms with E-state index in [1.54, 1.807) is 30.1 Å². The van der Waals surface area contributed by atoms with Crippen LogP contribution in [0.3, 0.4) is 0 Å². The van der Waals surface area contributed by atoms with Crippen molar-refractivity contribution in [3.8, 4) is 17.1 Å². The van der Waals surface area contributed by atoms with E-state index < -0.39 is 5.97 Å². The number of carbonyl (C=O) groups is 1. The molecular weight excluding hydrogens is 304 g/mol. The van der Waals surface area contributed by atoms with Gasteiger partial charge in [-0.3, -0.25) is 9.97 Å². The van der Waals surface area contributed by atoms with Crippen molar-refractivity contribution in [2.24, 2.45) is 0 Å². The number of pyridine rings is 2. The van der Waals surface area contributed by atoms with Crippen LogP contribution in [0.1, 0.15) is 28.7 Å². The van der Waals surface area contributed by atoms with E-state index in [-0.39, 0.29) is 5.69 Å². The summed E-state index contributed by atoms with van der Waals surface area (Å²) in [5.74, 6) is -0.454. The average molecular weight is 322 g/mol. The van der Waals surface area contributed by atoms with Crippen LogP contribution < -0.4 is 0 Å². The van der Waals surface area contributed by atoms with Crippen LogP contribution in [0, 0.1) is 13.8 Å². The van der Waals surface area contributed by atoms with E-state index in [1.165, 1.54) is 0 Å². The fourth-order valence-corrected chi connectivity index (χ4v) is 2.27. The molecule has 0 aliphatic heterocycles. The molecule has 0 aliphatic carbocycles. The quantitative estimate of drug-likeness (QED) is 0.690. The van der Waals surface area contributed by atoms with Crippen LogP contribution in [0.25, 0.3) is 17.1 Å². The highest BCUT2D eigenvalue weighted by Crippen LogP contribution is 2.23. The zero-order valence-corrected chi connectivity index (χ0v) is 13.9. The zero-order valence-electron chi connectivity index (χ0n) is 13.9. The Balaban J connectivity index is 2.12. The second kappa shape index (κ2) is 6.62. The lowest BCUT2D eigenvalue weighted by Crippen LogP contribution is -2.07. The Kier molecular flexibility index (Phi) is 4.37. The fraction of sp³-hybridized carbons (Fsp3) is 0.222. The molecule has 24 heavy (non-hydrogen) atoms. The Morgan fingerprint density at radius 3 is 2.58 bits per heavy atom. The van der Waals surface area contributed by atoms with Gasteiger partial charge in [0.25, 0.3) is 0 Å². The third kappa shape index (κ3) is 3.17. The summed E-state index contributed by atoms with van der Waals surface area (Å²) in [6.45, 7) is 5.96. The molecule has 0 radical (unpaired) electrons. The van der Waals surface area contributed by atoms with Gasteiger partial charge in [0.1, 0.15) is 0 Å². The topological polar surface area (TPSA) is 69.9 Å². The number of ether oxygens (including phenoxy) is 1. The van der Waals surface area contributed by atoms with E-state index in [4.69, 9.17) is 4.74 Å². The van der Waals surface area contributed by atoms with Crippen LogP contribution in [0.4, 0.5) is 0 Å². The molecule has 3 aromatic heterocycles. The van der Waals surface area contributed by atoms with Crippen LogP contribution >= 0.6 is 0 Å². The largest absolute Gasteiger partial charge is 0.461 e. The second-order valence-electron chi connectivity index (χ2n) is 5.43. The number of nitrogens with zero attached hydrogens (tertiary/aromatic N) is 4. The van der Waals surface area contributed by atoms with Gasteiger partial charge in [0.05, 0.1) is 29.9 Å². The number of hydrogen-bond acceptors (Lipinski definition) is 5. The Hall–Kier alpha value is -3.02. The standard InChI is InChI=1S/C18H18N4O2/c1-4-24-18(23)16-9-17(15-8-5-12(2)10-20-15)22(21-16)14-7-6-13(3)19-11-14/h5-11H,4H2,1-3H3. The van der Waals surface area contributed by atoms with Gasteiger partial charge >= 0.3 is 5.97 Å².